The largest absolute Gasteiger partial charge is 0.368 e. The standard InChI is InChI=1S/C16H26FN3O/c1-6-8-18-15-14(17)13(7-9-19-15)16(21)20(5)12(4)10-11(2)3/h7,9,11-12H,6,8,10H2,1-5H3,(H,18,19). The van der Waals surface area contributed by atoms with E-state index in [1.807, 2.05) is 13.8 Å². The average Bonchev–Trinajstić information content (AvgIpc) is 2.44. The Balaban J connectivity index is 2.91. The molecule has 0 aromatic carbocycles. The average molecular weight is 295 g/mol. The molecule has 4 nitrogen and oxygen atoms in total. The van der Waals surface area contributed by atoms with E-state index in [1.165, 1.54) is 12.3 Å². The Hall–Kier alpha value is -1.65. The number of carbonyl (C=O) groups excluding carboxylic acids is 1. The van der Waals surface area contributed by atoms with Crippen molar-refractivity contribution in [3.05, 3.63) is 23.6 Å². The van der Waals surface area contributed by atoms with Crippen LogP contribution in [0.4, 0.5) is 10.2 Å². The van der Waals surface area contributed by atoms with Crippen LogP contribution in [0.15, 0.2) is 12.3 Å². The van der Waals surface area contributed by atoms with Gasteiger partial charge >= 0.3 is 0 Å². The highest BCUT2D eigenvalue weighted by Gasteiger charge is 2.22. The molecular formula is C16H26FN3O. The van der Waals surface area contributed by atoms with Crippen molar-refractivity contribution in [3.63, 3.8) is 0 Å². The second-order valence-corrected chi connectivity index (χ2v) is 5.84. The minimum Gasteiger partial charge on any atom is -0.368 e. The number of nitrogens with zero attached hydrogens (tertiary/aromatic N) is 2. The van der Waals surface area contributed by atoms with Crippen LogP contribution in [0.3, 0.4) is 0 Å². The van der Waals surface area contributed by atoms with E-state index in [0.29, 0.717) is 12.5 Å². The highest BCUT2D eigenvalue weighted by molar-refractivity contribution is 5.95. The molecule has 1 atom stereocenters. The lowest BCUT2D eigenvalue weighted by atomic mass is 10.0. The van der Waals surface area contributed by atoms with Gasteiger partial charge in [0.2, 0.25) is 0 Å². The Morgan fingerprint density at radius 1 is 1.43 bits per heavy atom. The van der Waals surface area contributed by atoms with Gasteiger partial charge in [0.1, 0.15) is 0 Å². The lowest BCUT2D eigenvalue weighted by molar-refractivity contribution is 0.0723. The number of nitrogens with one attached hydrogen (secondary N) is 1. The number of hydrogen-bond acceptors (Lipinski definition) is 3. The van der Waals surface area contributed by atoms with Crippen molar-refractivity contribution in [1.29, 1.82) is 0 Å². The molecule has 1 aromatic heterocycles. The van der Waals surface area contributed by atoms with Gasteiger partial charge in [0.05, 0.1) is 5.56 Å². The van der Waals surface area contributed by atoms with Gasteiger partial charge in [-0.2, -0.15) is 0 Å². The van der Waals surface area contributed by atoms with Crippen LogP contribution in [0.1, 0.15) is 50.9 Å². The molecule has 0 radical (unpaired) electrons. The first kappa shape index (κ1) is 17.4. The van der Waals surface area contributed by atoms with Crippen molar-refractivity contribution in [2.45, 2.75) is 46.6 Å². The van der Waals surface area contributed by atoms with Gasteiger partial charge < -0.3 is 10.2 Å². The summed E-state index contributed by atoms with van der Waals surface area (Å²) >= 11 is 0. The molecule has 1 rings (SSSR count). The topological polar surface area (TPSA) is 45.2 Å². The number of aromatic nitrogens is 1. The van der Waals surface area contributed by atoms with E-state index in [0.717, 1.165) is 12.8 Å². The summed E-state index contributed by atoms with van der Waals surface area (Å²) in [5.74, 6) is -0.242. The molecule has 0 aliphatic carbocycles. The zero-order chi connectivity index (χ0) is 16.0. The van der Waals surface area contributed by atoms with Gasteiger partial charge in [-0.1, -0.05) is 20.8 Å². The van der Waals surface area contributed by atoms with Gasteiger partial charge in [0, 0.05) is 25.8 Å². The van der Waals surface area contributed by atoms with Crippen molar-refractivity contribution in [2.24, 2.45) is 5.92 Å². The maximum atomic E-state index is 14.4. The van der Waals surface area contributed by atoms with Crippen LogP contribution in [0.5, 0.6) is 0 Å². The van der Waals surface area contributed by atoms with Crippen molar-refractivity contribution >= 4 is 11.7 Å². The molecule has 1 unspecified atom stereocenters. The molecule has 0 fully saturated rings. The van der Waals surface area contributed by atoms with Crippen LogP contribution < -0.4 is 5.32 Å². The Kier molecular flexibility index (Phi) is 6.59. The third-order valence-corrected chi connectivity index (χ3v) is 3.46. The monoisotopic (exact) mass is 295 g/mol. The van der Waals surface area contributed by atoms with Crippen molar-refractivity contribution < 1.29 is 9.18 Å². The van der Waals surface area contributed by atoms with Gasteiger partial charge in [-0.15, -0.1) is 0 Å². The summed E-state index contributed by atoms with van der Waals surface area (Å²) in [7, 11) is 1.72. The summed E-state index contributed by atoms with van der Waals surface area (Å²) in [5.41, 5.74) is 0.0710. The van der Waals surface area contributed by atoms with E-state index in [4.69, 9.17) is 0 Å². The molecule has 0 aliphatic heterocycles. The smallest absolute Gasteiger partial charge is 0.257 e. The van der Waals surface area contributed by atoms with E-state index in [2.05, 4.69) is 24.1 Å². The predicted octanol–water partition coefficient (Wildman–Crippen LogP) is 3.55. The Morgan fingerprint density at radius 3 is 2.67 bits per heavy atom. The van der Waals surface area contributed by atoms with E-state index >= 15 is 0 Å². The van der Waals surface area contributed by atoms with Gasteiger partial charge in [0.15, 0.2) is 11.6 Å². The molecule has 1 heterocycles. The summed E-state index contributed by atoms with van der Waals surface area (Å²) in [5, 5.41) is 2.90. The molecule has 0 spiro atoms. The van der Waals surface area contributed by atoms with Gasteiger partial charge in [-0.05, 0) is 31.7 Å². The van der Waals surface area contributed by atoms with E-state index in [1.54, 1.807) is 11.9 Å². The molecule has 118 valence electrons. The summed E-state index contributed by atoms with van der Waals surface area (Å²) < 4.78 is 14.4. The first-order chi connectivity index (χ1) is 9.88. The second-order valence-electron chi connectivity index (χ2n) is 5.84. The van der Waals surface area contributed by atoms with Crippen LogP contribution in [-0.4, -0.2) is 35.4 Å². The first-order valence-electron chi connectivity index (χ1n) is 7.54. The molecular weight excluding hydrogens is 269 g/mol. The third-order valence-electron chi connectivity index (χ3n) is 3.46. The minimum atomic E-state index is -0.570. The fourth-order valence-corrected chi connectivity index (χ4v) is 2.21. The summed E-state index contributed by atoms with van der Waals surface area (Å²) in [6.45, 7) is 8.80. The van der Waals surface area contributed by atoms with E-state index in [9.17, 15) is 9.18 Å². The quantitative estimate of drug-likeness (QED) is 0.836. The summed E-state index contributed by atoms with van der Waals surface area (Å²) in [4.78, 5) is 18.0. The Labute approximate surface area is 126 Å². The fraction of sp³-hybridized carbons (Fsp3) is 0.625. The molecule has 1 N–H and O–H groups in total. The molecule has 5 heteroatoms. The highest BCUT2D eigenvalue weighted by atomic mass is 19.1. The molecule has 0 saturated carbocycles. The van der Waals surface area contributed by atoms with Crippen molar-refractivity contribution in [3.8, 4) is 0 Å². The Bertz CT molecular complexity index is 477. The second kappa shape index (κ2) is 7.96. The molecule has 0 saturated heterocycles. The van der Waals surface area contributed by atoms with Crippen LogP contribution in [0.2, 0.25) is 0 Å². The predicted molar refractivity (Wildman–Crippen MR) is 84.0 cm³/mol. The van der Waals surface area contributed by atoms with Crippen LogP contribution >= 0.6 is 0 Å². The van der Waals surface area contributed by atoms with E-state index < -0.39 is 5.82 Å². The number of anilines is 1. The zero-order valence-electron chi connectivity index (χ0n) is 13.6. The molecule has 0 bridgehead atoms. The lowest BCUT2D eigenvalue weighted by Gasteiger charge is -2.26. The number of halogens is 1. The molecule has 0 aliphatic rings. The Morgan fingerprint density at radius 2 is 2.10 bits per heavy atom. The summed E-state index contributed by atoms with van der Waals surface area (Å²) in [6.07, 6.45) is 3.22. The maximum absolute atomic E-state index is 14.4. The third kappa shape index (κ3) is 4.69. The first-order valence-corrected chi connectivity index (χ1v) is 7.54. The van der Waals surface area contributed by atoms with E-state index in [-0.39, 0.29) is 23.3 Å². The summed E-state index contributed by atoms with van der Waals surface area (Å²) in [6, 6.07) is 1.50. The van der Waals surface area contributed by atoms with Crippen LogP contribution in [-0.2, 0) is 0 Å². The number of carbonyl (C=O) groups is 1. The normalized spacial score (nSPS) is 12.3. The van der Waals surface area contributed by atoms with Crippen molar-refractivity contribution in [2.75, 3.05) is 18.9 Å². The zero-order valence-corrected chi connectivity index (χ0v) is 13.6. The maximum Gasteiger partial charge on any atom is 0.257 e. The van der Waals surface area contributed by atoms with Gasteiger partial charge in [-0.25, -0.2) is 9.37 Å². The van der Waals surface area contributed by atoms with Crippen LogP contribution in [0.25, 0.3) is 0 Å². The van der Waals surface area contributed by atoms with Crippen molar-refractivity contribution in [1.82, 2.24) is 9.88 Å². The van der Waals surface area contributed by atoms with Gasteiger partial charge in [0.25, 0.3) is 5.91 Å². The molecule has 1 amide bonds. The molecule has 21 heavy (non-hydrogen) atoms. The minimum absolute atomic E-state index is 0.0668. The number of pyridine rings is 1. The molecule has 1 aromatic rings. The lowest BCUT2D eigenvalue weighted by Crippen LogP contribution is -2.36. The number of amides is 1. The van der Waals surface area contributed by atoms with Gasteiger partial charge in [-0.3, -0.25) is 4.79 Å². The van der Waals surface area contributed by atoms with Crippen LogP contribution in [0, 0.1) is 11.7 Å². The SMILES string of the molecule is CCCNc1nccc(C(=O)N(C)C(C)CC(C)C)c1F. The highest BCUT2D eigenvalue weighted by Crippen LogP contribution is 2.19. The number of rotatable bonds is 7. The fourth-order valence-electron chi connectivity index (χ4n) is 2.21. The number of hydrogen-bond donors (Lipinski definition) is 1.